The van der Waals surface area contributed by atoms with Gasteiger partial charge in [0.25, 0.3) is 0 Å². The van der Waals surface area contributed by atoms with E-state index in [2.05, 4.69) is 5.92 Å². The maximum absolute atomic E-state index is 10.5. The molecule has 62 valence electrons. The maximum atomic E-state index is 10.5. The SMILES string of the molecule is C#CCc1ccc(S(=O)O)cc1. The van der Waals surface area contributed by atoms with Crippen LogP contribution in [0.15, 0.2) is 29.2 Å². The lowest BCUT2D eigenvalue weighted by Gasteiger charge is -1.96. The zero-order valence-corrected chi connectivity index (χ0v) is 7.17. The van der Waals surface area contributed by atoms with E-state index in [1.807, 2.05) is 0 Å². The van der Waals surface area contributed by atoms with E-state index in [-0.39, 0.29) is 0 Å². The Kier molecular flexibility index (Phi) is 3.03. The summed E-state index contributed by atoms with van der Waals surface area (Å²) in [5, 5.41) is 0. The van der Waals surface area contributed by atoms with Crippen molar-refractivity contribution in [3.8, 4) is 12.3 Å². The van der Waals surface area contributed by atoms with Gasteiger partial charge < -0.3 is 4.55 Å². The Hall–Kier alpha value is -1.11. The molecule has 0 bridgehead atoms. The van der Waals surface area contributed by atoms with Gasteiger partial charge in [-0.25, -0.2) is 4.21 Å². The summed E-state index contributed by atoms with van der Waals surface area (Å²) in [6.07, 6.45) is 5.65. The zero-order valence-electron chi connectivity index (χ0n) is 6.36. The fraction of sp³-hybridized carbons (Fsp3) is 0.111. The van der Waals surface area contributed by atoms with Crippen molar-refractivity contribution in [2.24, 2.45) is 0 Å². The minimum absolute atomic E-state index is 0.399. The molecule has 0 spiro atoms. The van der Waals surface area contributed by atoms with Gasteiger partial charge in [0.05, 0.1) is 4.90 Å². The van der Waals surface area contributed by atoms with Gasteiger partial charge in [-0.1, -0.05) is 12.1 Å². The standard InChI is InChI=1S/C9H8O2S/c1-2-3-8-4-6-9(7-5-8)12(10)11/h1,4-7H,3H2,(H,10,11). The molecule has 0 amide bonds. The predicted octanol–water partition coefficient (Wildman–Crippen LogP) is 1.44. The highest BCUT2D eigenvalue weighted by Gasteiger charge is 1.97. The lowest BCUT2D eigenvalue weighted by atomic mass is 10.2. The fourth-order valence-corrected chi connectivity index (χ4v) is 1.21. The van der Waals surface area contributed by atoms with Crippen LogP contribution in [0.2, 0.25) is 0 Å². The molecule has 1 unspecified atom stereocenters. The second-order valence-electron chi connectivity index (χ2n) is 2.27. The van der Waals surface area contributed by atoms with Crippen LogP contribution in [0, 0.1) is 12.3 Å². The van der Waals surface area contributed by atoms with Gasteiger partial charge in [0.15, 0.2) is 11.1 Å². The van der Waals surface area contributed by atoms with Crippen molar-refractivity contribution in [3.05, 3.63) is 29.8 Å². The smallest absolute Gasteiger partial charge is 0.186 e. The van der Waals surface area contributed by atoms with Crippen LogP contribution in [-0.2, 0) is 17.5 Å². The van der Waals surface area contributed by atoms with E-state index in [0.717, 1.165) is 5.56 Å². The van der Waals surface area contributed by atoms with Gasteiger partial charge >= 0.3 is 0 Å². The summed E-state index contributed by atoms with van der Waals surface area (Å²) in [4.78, 5) is 0.399. The Morgan fingerprint density at radius 3 is 2.42 bits per heavy atom. The number of rotatable bonds is 2. The Labute approximate surface area is 73.9 Å². The van der Waals surface area contributed by atoms with E-state index >= 15 is 0 Å². The molecule has 1 N–H and O–H groups in total. The third-order valence-electron chi connectivity index (χ3n) is 1.43. The molecule has 1 aromatic carbocycles. The molecule has 0 fully saturated rings. The minimum Gasteiger partial charge on any atom is -0.302 e. The third-order valence-corrected chi connectivity index (χ3v) is 2.11. The molecule has 0 saturated carbocycles. The summed E-state index contributed by atoms with van der Waals surface area (Å²) in [6, 6.07) is 6.71. The van der Waals surface area contributed by atoms with E-state index in [4.69, 9.17) is 11.0 Å². The van der Waals surface area contributed by atoms with Crippen LogP contribution in [0.5, 0.6) is 0 Å². The molecule has 0 saturated heterocycles. The number of terminal acetylenes is 1. The average Bonchev–Trinajstić information content (AvgIpc) is 2.06. The summed E-state index contributed by atoms with van der Waals surface area (Å²) < 4.78 is 19.2. The molecule has 0 aliphatic rings. The van der Waals surface area contributed by atoms with Crippen molar-refractivity contribution < 1.29 is 8.76 Å². The summed E-state index contributed by atoms with van der Waals surface area (Å²) in [5.41, 5.74) is 0.978. The molecule has 0 aromatic heterocycles. The van der Waals surface area contributed by atoms with Gasteiger partial charge in [-0.2, -0.15) is 0 Å². The Balaban J connectivity index is 2.87. The molecular formula is C9H8O2S. The lowest BCUT2D eigenvalue weighted by Crippen LogP contribution is -1.88. The second kappa shape index (κ2) is 4.05. The Morgan fingerprint density at radius 2 is 2.00 bits per heavy atom. The zero-order chi connectivity index (χ0) is 8.97. The Morgan fingerprint density at radius 1 is 1.42 bits per heavy atom. The highest BCUT2D eigenvalue weighted by atomic mass is 32.2. The molecule has 0 heterocycles. The van der Waals surface area contributed by atoms with Crippen molar-refractivity contribution in [1.82, 2.24) is 0 Å². The van der Waals surface area contributed by atoms with Crippen molar-refractivity contribution in [2.75, 3.05) is 0 Å². The van der Waals surface area contributed by atoms with Crippen LogP contribution in [-0.4, -0.2) is 8.76 Å². The molecule has 0 aliphatic heterocycles. The minimum atomic E-state index is -1.89. The molecule has 0 radical (unpaired) electrons. The Bertz CT molecular complexity index is 321. The van der Waals surface area contributed by atoms with Gasteiger partial charge in [0.1, 0.15) is 0 Å². The van der Waals surface area contributed by atoms with Crippen LogP contribution in [0.25, 0.3) is 0 Å². The number of benzene rings is 1. The summed E-state index contributed by atoms with van der Waals surface area (Å²) in [6.45, 7) is 0. The van der Waals surface area contributed by atoms with E-state index in [1.165, 1.54) is 0 Å². The largest absolute Gasteiger partial charge is 0.302 e. The van der Waals surface area contributed by atoms with Crippen LogP contribution < -0.4 is 0 Å². The molecule has 12 heavy (non-hydrogen) atoms. The van der Waals surface area contributed by atoms with E-state index in [9.17, 15) is 4.21 Å². The lowest BCUT2D eigenvalue weighted by molar-refractivity contribution is 0.564. The first kappa shape index (κ1) is 8.98. The van der Waals surface area contributed by atoms with Gasteiger partial charge in [0, 0.05) is 6.42 Å². The topological polar surface area (TPSA) is 37.3 Å². The van der Waals surface area contributed by atoms with Crippen LogP contribution in [0.4, 0.5) is 0 Å². The predicted molar refractivity (Wildman–Crippen MR) is 48.0 cm³/mol. The monoisotopic (exact) mass is 180 g/mol. The molecule has 1 rings (SSSR count). The van der Waals surface area contributed by atoms with Gasteiger partial charge in [0.2, 0.25) is 0 Å². The third kappa shape index (κ3) is 2.19. The van der Waals surface area contributed by atoms with Crippen LogP contribution >= 0.6 is 0 Å². The molecule has 1 atom stereocenters. The normalized spacial score (nSPS) is 12.0. The van der Waals surface area contributed by atoms with Crippen molar-refractivity contribution in [1.29, 1.82) is 0 Å². The highest BCUT2D eigenvalue weighted by molar-refractivity contribution is 7.79. The number of hydrogen-bond acceptors (Lipinski definition) is 1. The van der Waals surface area contributed by atoms with Gasteiger partial charge in [-0.15, -0.1) is 12.3 Å². The quantitative estimate of drug-likeness (QED) is 0.552. The summed E-state index contributed by atoms with van der Waals surface area (Å²) in [7, 11) is 0. The first-order valence-electron chi connectivity index (χ1n) is 3.37. The molecule has 3 heteroatoms. The molecule has 0 aliphatic carbocycles. The maximum Gasteiger partial charge on any atom is 0.186 e. The average molecular weight is 180 g/mol. The first-order valence-corrected chi connectivity index (χ1v) is 4.48. The highest BCUT2D eigenvalue weighted by Crippen LogP contribution is 2.07. The van der Waals surface area contributed by atoms with Crippen LogP contribution in [0.1, 0.15) is 5.56 Å². The summed E-state index contributed by atoms with van der Waals surface area (Å²) >= 11 is -1.89. The first-order chi connectivity index (χ1) is 5.74. The van der Waals surface area contributed by atoms with Crippen molar-refractivity contribution in [3.63, 3.8) is 0 Å². The molecular weight excluding hydrogens is 172 g/mol. The van der Waals surface area contributed by atoms with E-state index in [0.29, 0.717) is 11.3 Å². The molecule has 2 nitrogen and oxygen atoms in total. The van der Waals surface area contributed by atoms with E-state index in [1.54, 1.807) is 24.3 Å². The van der Waals surface area contributed by atoms with Gasteiger partial charge in [-0.05, 0) is 17.7 Å². The van der Waals surface area contributed by atoms with Crippen molar-refractivity contribution in [2.45, 2.75) is 11.3 Å². The second-order valence-corrected chi connectivity index (χ2v) is 3.24. The van der Waals surface area contributed by atoms with Gasteiger partial charge in [-0.3, -0.25) is 0 Å². The number of hydrogen-bond donors (Lipinski definition) is 1. The molecule has 1 aromatic rings. The van der Waals surface area contributed by atoms with E-state index < -0.39 is 11.1 Å². The van der Waals surface area contributed by atoms with Crippen molar-refractivity contribution >= 4 is 11.1 Å². The fourth-order valence-electron chi connectivity index (χ4n) is 0.842. The van der Waals surface area contributed by atoms with Crippen LogP contribution in [0.3, 0.4) is 0 Å². The summed E-state index contributed by atoms with van der Waals surface area (Å²) in [5.74, 6) is 2.49.